The minimum Gasteiger partial charge on any atom is -0.487 e. The molecular formula is C23H20N4O2. The standard InChI is InChI=1S/C23H20N4O2/c28-23(22-12-14-27(26-22)20-9-2-1-3-10-20)25-16-18-7-6-11-21(15-18)29-17-19-8-4-5-13-24-19/h1-15H,16-17H2,(H,25,28). The molecular weight excluding hydrogens is 364 g/mol. The predicted molar refractivity (Wildman–Crippen MR) is 110 cm³/mol. The van der Waals surface area contributed by atoms with E-state index in [2.05, 4.69) is 15.4 Å². The zero-order chi connectivity index (χ0) is 19.9. The Morgan fingerprint density at radius 1 is 0.966 bits per heavy atom. The lowest BCUT2D eigenvalue weighted by molar-refractivity contribution is 0.0945. The summed E-state index contributed by atoms with van der Waals surface area (Å²) in [5, 5.41) is 7.24. The van der Waals surface area contributed by atoms with Crippen LogP contribution in [0.4, 0.5) is 0 Å². The fourth-order valence-corrected chi connectivity index (χ4v) is 2.83. The highest BCUT2D eigenvalue weighted by Gasteiger charge is 2.10. The lowest BCUT2D eigenvalue weighted by atomic mass is 10.2. The fourth-order valence-electron chi connectivity index (χ4n) is 2.83. The molecule has 0 saturated heterocycles. The van der Waals surface area contributed by atoms with Crippen LogP contribution in [0.1, 0.15) is 21.7 Å². The van der Waals surface area contributed by atoms with E-state index < -0.39 is 0 Å². The van der Waals surface area contributed by atoms with E-state index in [1.165, 1.54) is 0 Å². The molecule has 0 saturated carbocycles. The Hall–Kier alpha value is -3.93. The number of hydrogen-bond donors (Lipinski definition) is 1. The van der Waals surface area contributed by atoms with Crippen LogP contribution in [0, 0.1) is 0 Å². The number of nitrogens with zero attached hydrogens (tertiary/aromatic N) is 3. The molecule has 0 spiro atoms. The number of carbonyl (C=O) groups is 1. The first kappa shape index (κ1) is 18.4. The molecule has 0 unspecified atom stereocenters. The molecule has 0 bridgehead atoms. The minimum atomic E-state index is -0.223. The number of amides is 1. The molecule has 2 aromatic carbocycles. The van der Waals surface area contributed by atoms with Crippen LogP contribution < -0.4 is 10.1 Å². The normalized spacial score (nSPS) is 10.5. The minimum absolute atomic E-state index is 0.223. The van der Waals surface area contributed by atoms with E-state index in [4.69, 9.17) is 4.74 Å². The summed E-state index contributed by atoms with van der Waals surface area (Å²) in [5.41, 5.74) is 3.08. The van der Waals surface area contributed by atoms with Crippen LogP contribution in [0.3, 0.4) is 0 Å². The van der Waals surface area contributed by atoms with Gasteiger partial charge in [0.05, 0.1) is 11.4 Å². The van der Waals surface area contributed by atoms with Crippen LogP contribution in [0.2, 0.25) is 0 Å². The summed E-state index contributed by atoms with van der Waals surface area (Å²) in [4.78, 5) is 16.7. The first-order valence-corrected chi connectivity index (χ1v) is 9.29. The van der Waals surface area contributed by atoms with Crippen molar-refractivity contribution in [3.63, 3.8) is 0 Å². The molecule has 0 aliphatic rings. The quantitative estimate of drug-likeness (QED) is 0.527. The van der Waals surface area contributed by atoms with Gasteiger partial charge in [0, 0.05) is 18.9 Å². The molecule has 0 atom stereocenters. The van der Waals surface area contributed by atoms with Crippen molar-refractivity contribution in [3.8, 4) is 11.4 Å². The van der Waals surface area contributed by atoms with Gasteiger partial charge in [-0.25, -0.2) is 4.68 Å². The van der Waals surface area contributed by atoms with Crippen molar-refractivity contribution in [1.29, 1.82) is 0 Å². The number of nitrogens with one attached hydrogen (secondary N) is 1. The van der Waals surface area contributed by atoms with Gasteiger partial charge in [0.15, 0.2) is 5.69 Å². The van der Waals surface area contributed by atoms with Crippen LogP contribution in [0.5, 0.6) is 5.75 Å². The van der Waals surface area contributed by atoms with Crippen LogP contribution in [0.15, 0.2) is 91.3 Å². The Kier molecular flexibility index (Phi) is 5.62. The van der Waals surface area contributed by atoms with E-state index in [0.29, 0.717) is 18.8 Å². The van der Waals surface area contributed by atoms with Gasteiger partial charge in [-0.2, -0.15) is 5.10 Å². The monoisotopic (exact) mass is 384 g/mol. The van der Waals surface area contributed by atoms with Gasteiger partial charge in [-0.05, 0) is 48.0 Å². The third kappa shape index (κ3) is 4.87. The number of ether oxygens (including phenoxy) is 1. The molecule has 1 amide bonds. The van der Waals surface area contributed by atoms with E-state index in [-0.39, 0.29) is 5.91 Å². The first-order valence-electron chi connectivity index (χ1n) is 9.29. The van der Waals surface area contributed by atoms with Gasteiger partial charge in [-0.3, -0.25) is 9.78 Å². The molecule has 0 aliphatic heterocycles. The van der Waals surface area contributed by atoms with E-state index in [9.17, 15) is 4.79 Å². The summed E-state index contributed by atoms with van der Waals surface area (Å²) in [6, 6.07) is 24.7. The molecule has 6 nitrogen and oxygen atoms in total. The Labute approximate surface area is 168 Å². The smallest absolute Gasteiger partial charge is 0.272 e. The number of aromatic nitrogens is 3. The highest BCUT2D eigenvalue weighted by Crippen LogP contribution is 2.15. The molecule has 1 N–H and O–H groups in total. The Morgan fingerprint density at radius 2 is 1.83 bits per heavy atom. The van der Waals surface area contributed by atoms with Crippen molar-refractivity contribution in [2.24, 2.45) is 0 Å². The fraction of sp³-hybridized carbons (Fsp3) is 0.0870. The number of carbonyl (C=O) groups excluding carboxylic acids is 1. The second-order valence-electron chi connectivity index (χ2n) is 6.42. The first-order chi connectivity index (χ1) is 14.3. The molecule has 144 valence electrons. The second-order valence-corrected chi connectivity index (χ2v) is 6.42. The van der Waals surface area contributed by atoms with Crippen molar-refractivity contribution in [3.05, 3.63) is 108 Å². The molecule has 0 radical (unpaired) electrons. The summed E-state index contributed by atoms with van der Waals surface area (Å²) >= 11 is 0. The van der Waals surface area contributed by atoms with Crippen LogP contribution in [-0.4, -0.2) is 20.7 Å². The molecule has 6 heteroatoms. The van der Waals surface area contributed by atoms with E-state index in [1.54, 1.807) is 23.1 Å². The van der Waals surface area contributed by atoms with Gasteiger partial charge in [0.25, 0.3) is 5.91 Å². The van der Waals surface area contributed by atoms with Gasteiger partial charge in [-0.1, -0.05) is 36.4 Å². The average Bonchev–Trinajstić information content (AvgIpc) is 3.28. The maximum Gasteiger partial charge on any atom is 0.272 e. The van der Waals surface area contributed by atoms with E-state index in [0.717, 1.165) is 22.7 Å². The summed E-state index contributed by atoms with van der Waals surface area (Å²) in [6.07, 6.45) is 3.51. The van der Waals surface area contributed by atoms with Crippen molar-refractivity contribution in [2.45, 2.75) is 13.2 Å². The Morgan fingerprint density at radius 3 is 2.66 bits per heavy atom. The molecule has 0 aliphatic carbocycles. The maximum atomic E-state index is 12.4. The zero-order valence-electron chi connectivity index (χ0n) is 15.7. The Balaban J connectivity index is 1.34. The number of hydrogen-bond acceptors (Lipinski definition) is 4. The highest BCUT2D eigenvalue weighted by atomic mass is 16.5. The third-order valence-corrected chi connectivity index (χ3v) is 4.31. The van der Waals surface area contributed by atoms with Gasteiger partial charge in [-0.15, -0.1) is 0 Å². The van der Waals surface area contributed by atoms with Gasteiger partial charge in [0.2, 0.25) is 0 Å². The van der Waals surface area contributed by atoms with Crippen molar-refractivity contribution in [2.75, 3.05) is 0 Å². The Bertz CT molecular complexity index is 1080. The molecule has 0 fully saturated rings. The average molecular weight is 384 g/mol. The van der Waals surface area contributed by atoms with Gasteiger partial charge in [0.1, 0.15) is 12.4 Å². The molecule has 2 aromatic heterocycles. The lowest BCUT2D eigenvalue weighted by Gasteiger charge is -2.08. The van der Waals surface area contributed by atoms with E-state index in [1.807, 2.05) is 72.8 Å². The van der Waals surface area contributed by atoms with Crippen molar-refractivity contribution >= 4 is 5.91 Å². The number of rotatable bonds is 7. The number of pyridine rings is 1. The van der Waals surface area contributed by atoms with E-state index >= 15 is 0 Å². The third-order valence-electron chi connectivity index (χ3n) is 4.31. The molecule has 4 rings (SSSR count). The SMILES string of the molecule is O=C(NCc1cccc(OCc2ccccn2)c1)c1ccn(-c2ccccc2)n1. The summed E-state index contributed by atoms with van der Waals surface area (Å²) in [6.45, 7) is 0.783. The van der Waals surface area contributed by atoms with Gasteiger partial charge < -0.3 is 10.1 Å². The largest absolute Gasteiger partial charge is 0.487 e. The van der Waals surface area contributed by atoms with Crippen LogP contribution >= 0.6 is 0 Å². The number of para-hydroxylation sites is 1. The topological polar surface area (TPSA) is 69.0 Å². The van der Waals surface area contributed by atoms with Gasteiger partial charge >= 0.3 is 0 Å². The molecule has 4 aromatic rings. The van der Waals surface area contributed by atoms with Crippen LogP contribution in [-0.2, 0) is 13.2 Å². The second kappa shape index (κ2) is 8.84. The molecule has 29 heavy (non-hydrogen) atoms. The lowest BCUT2D eigenvalue weighted by Crippen LogP contribution is -2.23. The van der Waals surface area contributed by atoms with Crippen molar-refractivity contribution in [1.82, 2.24) is 20.1 Å². The summed E-state index contributed by atoms with van der Waals surface area (Å²) in [7, 11) is 0. The summed E-state index contributed by atoms with van der Waals surface area (Å²) < 4.78 is 7.47. The van der Waals surface area contributed by atoms with Crippen molar-refractivity contribution < 1.29 is 9.53 Å². The van der Waals surface area contributed by atoms with Crippen LogP contribution in [0.25, 0.3) is 5.69 Å². The summed E-state index contributed by atoms with van der Waals surface area (Å²) in [5.74, 6) is 0.509. The maximum absolute atomic E-state index is 12.4. The predicted octanol–water partition coefficient (Wildman–Crippen LogP) is 3.78. The zero-order valence-corrected chi connectivity index (χ0v) is 15.7. The number of benzene rings is 2. The molecule has 2 heterocycles. The highest BCUT2D eigenvalue weighted by molar-refractivity contribution is 5.92.